The van der Waals surface area contributed by atoms with Crippen LogP contribution in [0.3, 0.4) is 0 Å². The molecule has 0 radical (unpaired) electrons. The number of hydrogen-bond donors (Lipinski definition) is 0. The maximum Gasteiger partial charge on any atom is 0.0503 e. The van der Waals surface area contributed by atoms with Crippen molar-refractivity contribution in [2.75, 3.05) is 0 Å². The Hall–Kier alpha value is -0.830. The summed E-state index contributed by atoms with van der Waals surface area (Å²) >= 11 is 11.9. The van der Waals surface area contributed by atoms with E-state index < -0.39 is 10.8 Å². The molecule has 0 aliphatic heterocycles. The summed E-state index contributed by atoms with van der Waals surface area (Å²) in [5.74, 6) is 0.989. The zero-order valence-corrected chi connectivity index (χ0v) is 12.9. The van der Waals surface area contributed by atoms with E-state index in [1.807, 2.05) is 37.3 Å². The maximum absolute atomic E-state index is 12.1. The summed E-state index contributed by atoms with van der Waals surface area (Å²) in [6.45, 7) is 2.04. The third kappa shape index (κ3) is 4.34. The van der Waals surface area contributed by atoms with Gasteiger partial charge in [0.25, 0.3) is 0 Å². The first-order valence-corrected chi connectivity index (χ1v) is 8.13. The van der Waals surface area contributed by atoms with Crippen molar-refractivity contribution < 1.29 is 4.21 Å². The number of hydrogen-bond acceptors (Lipinski definition) is 1. The number of benzene rings is 2. The van der Waals surface area contributed by atoms with E-state index in [-0.39, 0.29) is 0 Å². The third-order valence-corrected chi connectivity index (χ3v) is 4.66. The van der Waals surface area contributed by atoms with Gasteiger partial charge < -0.3 is 0 Å². The highest BCUT2D eigenvalue weighted by molar-refractivity contribution is 7.83. The molecule has 0 aliphatic rings. The average Bonchev–Trinajstić information content (AvgIpc) is 2.36. The van der Waals surface area contributed by atoms with Crippen molar-refractivity contribution in [1.82, 2.24) is 0 Å². The summed E-state index contributed by atoms with van der Waals surface area (Å²) in [6, 6.07) is 13.4. The lowest BCUT2D eigenvalue weighted by molar-refractivity contribution is 0.682. The fraction of sp³-hybridized carbons (Fsp3) is 0.200. The smallest absolute Gasteiger partial charge is 0.0503 e. The molecule has 1 nitrogen and oxygen atoms in total. The van der Waals surface area contributed by atoms with Gasteiger partial charge in [-0.2, -0.15) is 0 Å². The monoisotopic (exact) mass is 312 g/mol. The van der Waals surface area contributed by atoms with Crippen molar-refractivity contribution in [3.8, 4) is 0 Å². The van der Waals surface area contributed by atoms with Crippen LogP contribution in [0.5, 0.6) is 0 Å². The van der Waals surface area contributed by atoms with E-state index in [9.17, 15) is 4.21 Å². The maximum atomic E-state index is 12.1. The van der Waals surface area contributed by atoms with Crippen LogP contribution in [0, 0.1) is 6.92 Å². The van der Waals surface area contributed by atoms with Crippen LogP contribution < -0.4 is 0 Å². The molecule has 1 unspecified atom stereocenters. The van der Waals surface area contributed by atoms with Crippen molar-refractivity contribution in [2.45, 2.75) is 18.4 Å². The average molecular weight is 313 g/mol. The zero-order chi connectivity index (χ0) is 13.8. The molecule has 0 aliphatic carbocycles. The van der Waals surface area contributed by atoms with Gasteiger partial charge in [0.1, 0.15) is 0 Å². The lowest BCUT2D eigenvalue weighted by atomic mass is 10.2. The summed E-state index contributed by atoms with van der Waals surface area (Å²) in [5.41, 5.74) is 3.15. The minimum Gasteiger partial charge on any atom is -0.259 e. The van der Waals surface area contributed by atoms with Crippen molar-refractivity contribution in [1.29, 1.82) is 0 Å². The molecule has 0 spiro atoms. The normalized spacial score (nSPS) is 12.4. The third-order valence-electron chi connectivity index (χ3n) is 2.78. The van der Waals surface area contributed by atoms with Crippen LogP contribution in [0.25, 0.3) is 0 Å². The first-order valence-electron chi connectivity index (χ1n) is 5.89. The zero-order valence-electron chi connectivity index (χ0n) is 10.5. The van der Waals surface area contributed by atoms with Crippen molar-refractivity contribution in [3.63, 3.8) is 0 Å². The largest absolute Gasteiger partial charge is 0.259 e. The fourth-order valence-electron chi connectivity index (χ4n) is 1.73. The van der Waals surface area contributed by atoms with Gasteiger partial charge in [-0.1, -0.05) is 59.1 Å². The van der Waals surface area contributed by atoms with Gasteiger partial charge in [-0.25, -0.2) is 0 Å². The predicted octanol–water partition coefficient (Wildman–Crippen LogP) is 4.75. The van der Waals surface area contributed by atoms with Crippen molar-refractivity contribution in [3.05, 3.63) is 69.2 Å². The van der Waals surface area contributed by atoms with E-state index in [2.05, 4.69) is 0 Å². The van der Waals surface area contributed by atoms with Gasteiger partial charge in [0.2, 0.25) is 0 Å². The van der Waals surface area contributed by atoms with Crippen molar-refractivity contribution >= 4 is 34.0 Å². The molecule has 2 aromatic carbocycles. The topological polar surface area (TPSA) is 17.1 Å². The van der Waals surface area contributed by atoms with Crippen molar-refractivity contribution in [2.24, 2.45) is 0 Å². The van der Waals surface area contributed by atoms with E-state index in [4.69, 9.17) is 23.2 Å². The van der Waals surface area contributed by atoms with Crippen LogP contribution in [0.4, 0.5) is 0 Å². The van der Waals surface area contributed by atoms with Crippen LogP contribution in [0.15, 0.2) is 42.5 Å². The summed E-state index contributed by atoms with van der Waals surface area (Å²) in [6.07, 6.45) is 0. The molecule has 2 aromatic rings. The second-order valence-corrected chi connectivity index (χ2v) is 6.75. The Balaban J connectivity index is 2.03. The van der Waals surface area contributed by atoms with Crippen LogP contribution in [-0.4, -0.2) is 4.21 Å². The van der Waals surface area contributed by atoms with Gasteiger partial charge in [0.05, 0.1) is 5.75 Å². The van der Waals surface area contributed by atoms with Gasteiger partial charge >= 0.3 is 0 Å². The van der Waals surface area contributed by atoms with Crippen LogP contribution in [-0.2, 0) is 22.3 Å². The van der Waals surface area contributed by atoms with E-state index in [1.165, 1.54) is 5.56 Å². The van der Waals surface area contributed by atoms with E-state index >= 15 is 0 Å². The Kier molecular flexibility index (Phi) is 5.03. The quantitative estimate of drug-likeness (QED) is 0.796. The molecule has 0 amide bonds. The summed E-state index contributed by atoms with van der Waals surface area (Å²) in [7, 11) is -0.973. The molecule has 4 heteroatoms. The Labute approximate surface area is 126 Å². The molecule has 0 bridgehead atoms. The molecule has 2 rings (SSSR count). The molecule has 0 fully saturated rings. The van der Waals surface area contributed by atoms with Gasteiger partial charge in [-0.3, -0.25) is 4.21 Å². The standard InChI is InChI=1S/C15H14Cl2OS/c1-11-2-4-12(5-3-11)9-19(18)10-13-6-7-14(16)8-15(13)17/h2-8H,9-10H2,1H3. The number of rotatable bonds is 4. The molecule has 0 N–H and O–H groups in total. The second kappa shape index (κ2) is 6.56. The molecule has 19 heavy (non-hydrogen) atoms. The molecular formula is C15H14Cl2OS. The lowest BCUT2D eigenvalue weighted by Gasteiger charge is -2.06. The molecule has 0 heterocycles. The molecule has 0 saturated heterocycles. The second-order valence-electron chi connectivity index (χ2n) is 4.45. The first-order chi connectivity index (χ1) is 9.04. The van der Waals surface area contributed by atoms with Gasteiger partial charge in [-0.05, 0) is 30.2 Å². The highest BCUT2D eigenvalue weighted by Gasteiger charge is 2.07. The lowest BCUT2D eigenvalue weighted by Crippen LogP contribution is -2.00. The molecular weight excluding hydrogens is 299 g/mol. The minimum absolute atomic E-state index is 0.448. The van der Waals surface area contributed by atoms with Crippen LogP contribution >= 0.6 is 23.2 Å². The molecule has 0 aromatic heterocycles. The Morgan fingerprint density at radius 1 is 1.00 bits per heavy atom. The summed E-state index contributed by atoms with van der Waals surface area (Å²) in [5, 5.41) is 1.17. The van der Waals surface area contributed by atoms with Gasteiger partial charge in [0, 0.05) is 26.6 Å². The first kappa shape index (κ1) is 14.6. The molecule has 1 atom stereocenters. The predicted molar refractivity (Wildman–Crippen MR) is 83.2 cm³/mol. The molecule has 100 valence electrons. The summed E-state index contributed by atoms with van der Waals surface area (Å²) in [4.78, 5) is 0. The van der Waals surface area contributed by atoms with E-state index in [0.29, 0.717) is 21.6 Å². The van der Waals surface area contributed by atoms with E-state index in [1.54, 1.807) is 12.1 Å². The Bertz CT molecular complexity index is 594. The van der Waals surface area contributed by atoms with Crippen LogP contribution in [0.2, 0.25) is 10.0 Å². The Morgan fingerprint density at radius 3 is 2.32 bits per heavy atom. The summed E-state index contributed by atoms with van der Waals surface area (Å²) < 4.78 is 12.1. The van der Waals surface area contributed by atoms with Gasteiger partial charge in [0.15, 0.2) is 0 Å². The highest BCUT2D eigenvalue weighted by atomic mass is 35.5. The molecule has 0 saturated carbocycles. The fourth-order valence-corrected chi connectivity index (χ4v) is 3.55. The Morgan fingerprint density at radius 2 is 1.68 bits per heavy atom. The van der Waals surface area contributed by atoms with Crippen LogP contribution in [0.1, 0.15) is 16.7 Å². The highest BCUT2D eigenvalue weighted by Crippen LogP contribution is 2.22. The number of halogens is 2. The van der Waals surface area contributed by atoms with E-state index in [0.717, 1.165) is 11.1 Å². The SMILES string of the molecule is Cc1ccc(CS(=O)Cc2ccc(Cl)cc2Cl)cc1. The number of aryl methyl sites for hydroxylation is 1. The minimum atomic E-state index is -0.973. The van der Waals surface area contributed by atoms with Gasteiger partial charge in [-0.15, -0.1) is 0 Å².